The van der Waals surface area contributed by atoms with Gasteiger partial charge in [-0.3, -0.25) is 0 Å². The Labute approximate surface area is 197 Å². The molecule has 0 radical (unpaired) electrons. The summed E-state index contributed by atoms with van der Waals surface area (Å²) in [7, 11) is 0. The van der Waals surface area contributed by atoms with Gasteiger partial charge in [0.1, 0.15) is 22.6 Å². The molecule has 1 N–H and O–H groups in total. The van der Waals surface area contributed by atoms with Gasteiger partial charge in [-0.05, 0) is 63.4 Å². The van der Waals surface area contributed by atoms with Crippen molar-refractivity contribution in [1.29, 1.82) is 0 Å². The predicted molar refractivity (Wildman–Crippen MR) is 132 cm³/mol. The molecule has 4 aromatic rings. The lowest BCUT2D eigenvalue weighted by atomic mass is 9.99. The van der Waals surface area contributed by atoms with Crippen molar-refractivity contribution in [2.45, 2.75) is 34.6 Å². The molecule has 0 aliphatic rings. The van der Waals surface area contributed by atoms with Gasteiger partial charge in [0.25, 0.3) is 0 Å². The molecule has 0 saturated heterocycles. The molecule has 34 heavy (non-hydrogen) atoms. The second-order valence-electron chi connectivity index (χ2n) is 8.48. The molecule has 1 heterocycles. The number of rotatable bonds is 4. The van der Waals surface area contributed by atoms with Crippen LogP contribution in [0.5, 0.6) is 5.75 Å². The van der Waals surface area contributed by atoms with E-state index in [2.05, 4.69) is 4.98 Å². The van der Waals surface area contributed by atoms with E-state index in [1.165, 1.54) is 0 Å². The van der Waals surface area contributed by atoms with E-state index < -0.39 is 17.4 Å². The Bertz CT molecular complexity index is 1500. The molecule has 0 aliphatic carbocycles. The quantitative estimate of drug-likeness (QED) is 0.182. The molecule has 0 amide bonds. The maximum Gasteiger partial charge on any atom is 0.363 e. The van der Waals surface area contributed by atoms with E-state index >= 15 is 0 Å². The summed E-state index contributed by atoms with van der Waals surface area (Å²) in [4.78, 5) is 30.8. The highest BCUT2D eigenvalue weighted by Crippen LogP contribution is 2.30. The molecule has 0 fully saturated rings. The molecule has 3 aromatic carbocycles. The first kappa shape index (κ1) is 23.0. The zero-order chi connectivity index (χ0) is 24.6. The third-order valence-electron chi connectivity index (χ3n) is 5.61. The number of aromatic nitrogens is 1. The minimum absolute atomic E-state index is 0.278. The van der Waals surface area contributed by atoms with Crippen molar-refractivity contribution < 1.29 is 19.1 Å². The Morgan fingerprint density at radius 2 is 1.53 bits per heavy atom. The Morgan fingerprint density at radius 3 is 2.21 bits per heavy atom. The molecule has 4 rings (SSSR count). The first-order valence-corrected chi connectivity index (χ1v) is 10.9. The van der Waals surface area contributed by atoms with Crippen molar-refractivity contribution in [2.75, 3.05) is 0 Å². The van der Waals surface area contributed by atoms with Gasteiger partial charge >= 0.3 is 11.6 Å². The highest BCUT2D eigenvalue weighted by molar-refractivity contribution is 6.23. The smallest absolute Gasteiger partial charge is 0.363 e. The molecular formula is C28H25NO5. The number of esters is 1. The number of para-hydroxylation sites is 2. The van der Waals surface area contributed by atoms with E-state index in [1.807, 2.05) is 58.9 Å². The first-order valence-electron chi connectivity index (χ1n) is 10.9. The Hall–Kier alpha value is -4.19. The van der Waals surface area contributed by atoms with Gasteiger partial charge in [-0.15, -0.1) is 0 Å². The SMILES string of the molecule is Cc1ccc(C(O)=C(C(=O)Oc2c(C)cc(C)cc2C)c2nc3ccccc3oc2=O)c(C)c1. The van der Waals surface area contributed by atoms with Crippen LogP contribution in [0.4, 0.5) is 0 Å². The fourth-order valence-corrected chi connectivity index (χ4v) is 4.10. The van der Waals surface area contributed by atoms with E-state index in [-0.39, 0.29) is 16.9 Å². The van der Waals surface area contributed by atoms with Crippen LogP contribution in [0.25, 0.3) is 22.4 Å². The van der Waals surface area contributed by atoms with Crippen LogP contribution in [0.1, 0.15) is 39.1 Å². The fourth-order valence-electron chi connectivity index (χ4n) is 4.10. The highest BCUT2D eigenvalue weighted by Gasteiger charge is 2.28. The molecule has 6 nitrogen and oxygen atoms in total. The summed E-state index contributed by atoms with van der Waals surface area (Å²) in [6.07, 6.45) is 0. The average molecular weight is 456 g/mol. The molecular weight excluding hydrogens is 430 g/mol. The fraction of sp³-hybridized carbons (Fsp3) is 0.179. The normalized spacial score (nSPS) is 11.9. The largest absolute Gasteiger partial charge is 0.506 e. The zero-order valence-corrected chi connectivity index (χ0v) is 19.7. The maximum absolute atomic E-state index is 13.5. The number of fused-ring (bicyclic) bond motifs is 1. The van der Waals surface area contributed by atoms with Crippen LogP contribution in [-0.2, 0) is 4.79 Å². The molecule has 0 bridgehead atoms. The van der Waals surface area contributed by atoms with Crippen molar-refractivity contribution in [2.24, 2.45) is 0 Å². The van der Waals surface area contributed by atoms with Crippen molar-refractivity contribution >= 4 is 28.4 Å². The van der Waals surface area contributed by atoms with E-state index in [0.717, 1.165) is 27.8 Å². The predicted octanol–water partition coefficient (Wildman–Crippen LogP) is 5.76. The minimum atomic E-state index is -0.900. The van der Waals surface area contributed by atoms with Crippen LogP contribution >= 0.6 is 0 Å². The van der Waals surface area contributed by atoms with Crippen LogP contribution < -0.4 is 10.4 Å². The summed E-state index contributed by atoms with van der Waals surface area (Å²) in [6.45, 7) is 9.35. The lowest BCUT2D eigenvalue weighted by molar-refractivity contribution is -0.128. The number of nitrogens with zero attached hydrogens (tertiary/aromatic N) is 1. The number of carbonyl (C=O) groups is 1. The lowest BCUT2D eigenvalue weighted by Crippen LogP contribution is -2.20. The summed E-state index contributed by atoms with van der Waals surface area (Å²) >= 11 is 0. The van der Waals surface area contributed by atoms with E-state index in [0.29, 0.717) is 16.8 Å². The average Bonchev–Trinajstić information content (AvgIpc) is 2.76. The molecule has 0 spiro atoms. The van der Waals surface area contributed by atoms with Gasteiger partial charge < -0.3 is 14.3 Å². The van der Waals surface area contributed by atoms with Crippen molar-refractivity contribution in [3.63, 3.8) is 0 Å². The number of aliphatic hydroxyl groups is 1. The molecule has 0 saturated carbocycles. The van der Waals surface area contributed by atoms with E-state index in [4.69, 9.17) is 9.15 Å². The Morgan fingerprint density at radius 1 is 0.882 bits per heavy atom. The number of ether oxygens (including phenoxy) is 1. The van der Waals surface area contributed by atoms with Crippen molar-refractivity contribution in [1.82, 2.24) is 4.98 Å². The van der Waals surface area contributed by atoms with Crippen molar-refractivity contribution in [3.05, 3.63) is 104 Å². The number of aliphatic hydroxyl groups excluding tert-OH is 1. The molecule has 6 heteroatoms. The number of aryl methyl sites for hydroxylation is 5. The van der Waals surface area contributed by atoms with Crippen LogP contribution in [0.2, 0.25) is 0 Å². The second kappa shape index (κ2) is 8.98. The van der Waals surface area contributed by atoms with Gasteiger partial charge in [0.15, 0.2) is 11.3 Å². The number of hydrogen-bond donors (Lipinski definition) is 1. The highest BCUT2D eigenvalue weighted by atomic mass is 16.5. The summed E-state index contributed by atoms with van der Waals surface area (Å²) < 4.78 is 11.1. The Kier molecular flexibility index (Phi) is 6.07. The number of hydrogen-bond acceptors (Lipinski definition) is 6. The summed E-state index contributed by atoms with van der Waals surface area (Å²) in [5.41, 5.74) is 3.80. The van der Waals surface area contributed by atoms with Crippen LogP contribution in [-0.4, -0.2) is 16.1 Å². The van der Waals surface area contributed by atoms with Gasteiger partial charge in [-0.25, -0.2) is 14.6 Å². The van der Waals surface area contributed by atoms with Crippen LogP contribution in [0.3, 0.4) is 0 Å². The van der Waals surface area contributed by atoms with Crippen molar-refractivity contribution in [3.8, 4) is 5.75 Å². The van der Waals surface area contributed by atoms with Crippen LogP contribution in [0, 0.1) is 34.6 Å². The van der Waals surface area contributed by atoms with Gasteiger partial charge in [0, 0.05) is 5.56 Å². The third kappa shape index (κ3) is 4.35. The molecule has 1 aromatic heterocycles. The summed E-state index contributed by atoms with van der Waals surface area (Å²) in [6, 6.07) is 15.9. The number of carbonyl (C=O) groups excluding carboxylic acids is 1. The molecule has 172 valence electrons. The third-order valence-corrected chi connectivity index (χ3v) is 5.61. The summed E-state index contributed by atoms with van der Waals surface area (Å²) in [5.74, 6) is -0.936. The first-order chi connectivity index (χ1) is 16.2. The lowest BCUT2D eigenvalue weighted by Gasteiger charge is -2.15. The zero-order valence-electron chi connectivity index (χ0n) is 19.7. The monoisotopic (exact) mass is 455 g/mol. The summed E-state index contributed by atoms with van der Waals surface area (Å²) in [5, 5.41) is 11.3. The maximum atomic E-state index is 13.5. The molecule has 0 unspecified atom stereocenters. The van der Waals surface area contributed by atoms with E-state index in [1.54, 1.807) is 30.3 Å². The minimum Gasteiger partial charge on any atom is -0.506 e. The van der Waals surface area contributed by atoms with Gasteiger partial charge in [-0.1, -0.05) is 53.6 Å². The number of benzene rings is 3. The van der Waals surface area contributed by atoms with E-state index in [9.17, 15) is 14.7 Å². The van der Waals surface area contributed by atoms with Crippen LogP contribution in [0.15, 0.2) is 63.8 Å². The Balaban J connectivity index is 1.95. The van der Waals surface area contributed by atoms with Gasteiger partial charge in [0.05, 0.1) is 0 Å². The molecule has 0 aliphatic heterocycles. The topological polar surface area (TPSA) is 89.6 Å². The molecule has 0 atom stereocenters. The second-order valence-corrected chi connectivity index (χ2v) is 8.48. The van der Waals surface area contributed by atoms with Gasteiger partial charge in [0.2, 0.25) is 0 Å². The standard InChI is InChI=1S/C28H25NO5/c1-15-10-11-20(17(3)12-15)25(30)23(24-28(32)33-22-9-7-6-8-21(22)29-24)27(31)34-26-18(4)13-16(2)14-19(26)5/h6-14,30H,1-5H3. The van der Waals surface area contributed by atoms with Gasteiger partial charge in [-0.2, -0.15) is 0 Å².